The molecular weight excluding hydrogens is 300 g/mol. The number of fused-ring (bicyclic) bond motifs is 1. The van der Waals surface area contributed by atoms with Crippen molar-refractivity contribution in [2.24, 2.45) is 11.8 Å². The van der Waals surface area contributed by atoms with Gasteiger partial charge in [-0.1, -0.05) is 0 Å². The minimum atomic E-state index is -4.45. The number of hydrogen-bond acceptors (Lipinski definition) is 7. The first-order chi connectivity index (χ1) is 8.67. The van der Waals surface area contributed by atoms with Crippen LogP contribution in [0.15, 0.2) is 0 Å². The Kier molecular flexibility index (Phi) is 2.73. The molecule has 3 fully saturated rings. The van der Waals surface area contributed by atoms with E-state index in [0.29, 0.717) is 12.8 Å². The number of carbonyl (C=O) groups is 1. The fourth-order valence-electron chi connectivity index (χ4n) is 3.38. The van der Waals surface area contributed by atoms with Crippen LogP contribution in [0.4, 0.5) is 0 Å². The van der Waals surface area contributed by atoms with Gasteiger partial charge in [0.05, 0.1) is 5.25 Å². The van der Waals surface area contributed by atoms with Crippen LogP contribution in [-0.4, -0.2) is 50.6 Å². The average Bonchev–Trinajstić information content (AvgIpc) is 2.78. The molecule has 0 aromatic rings. The van der Waals surface area contributed by atoms with Gasteiger partial charge in [0.1, 0.15) is 12.2 Å². The zero-order valence-corrected chi connectivity index (χ0v) is 11.3. The highest BCUT2D eigenvalue weighted by atomic mass is 32.2. The Labute approximate surface area is 109 Å². The molecule has 1 heterocycles. The van der Waals surface area contributed by atoms with Crippen molar-refractivity contribution >= 4 is 26.2 Å². The molecular formula is C9H12O8S2. The quantitative estimate of drug-likeness (QED) is 0.396. The number of hydrogen-bond donors (Lipinski definition) is 1. The highest BCUT2D eigenvalue weighted by Gasteiger charge is 2.65. The van der Waals surface area contributed by atoms with Crippen LogP contribution in [0.3, 0.4) is 0 Å². The number of rotatable bonds is 3. The molecule has 1 saturated heterocycles. The molecule has 3 rings (SSSR count). The molecule has 0 spiro atoms. The van der Waals surface area contributed by atoms with E-state index in [1.54, 1.807) is 0 Å². The lowest BCUT2D eigenvalue weighted by molar-refractivity contribution is -0.152. The summed E-state index contributed by atoms with van der Waals surface area (Å²) >= 11 is 0. The highest BCUT2D eigenvalue weighted by molar-refractivity contribution is 7.87. The van der Waals surface area contributed by atoms with Crippen molar-refractivity contribution in [2.45, 2.75) is 30.3 Å². The number of carbonyl (C=O) groups excluding carboxylic acids is 1. The van der Waals surface area contributed by atoms with Gasteiger partial charge in [0.15, 0.2) is 5.75 Å². The van der Waals surface area contributed by atoms with Crippen molar-refractivity contribution in [1.82, 2.24) is 0 Å². The zero-order valence-electron chi connectivity index (χ0n) is 9.63. The summed E-state index contributed by atoms with van der Waals surface area (Å²) in [5.74, 6) is -2.53. The molecule has 19 heavy (non-hydrogen) atoms. The minimum absolute atomic E-state index is 0.123. The maximum absolute atomic E-state index is 11.6. The summed E-state index contributed by atoms with van der Waals surface area (Å²) in [5.41, 5.74) is 0. The molecule has 0 aromatic heterocycles. The van der Waals surface area contributed by atoms with Crippen LogP contribution in [0.5, 0.6) is 0 Å². The summed E-state index contributed by atoms with van der Waals surface area (Å²) in [6.45, 7) is 0. The van der Waals surface area contributed by atoms with Crippen LogP contribution in [0.2, 0.25) is 0 Å². The lowest BCUT2D eigenvalue weighted by Gasteiger charge is -2.24. The normalized spacial score (nSPS) is 42.5. The van der Waals surface area contributed by atoms with Crippen molar-refractivity contribution in [1.29, 1.82) is 0 Å². The Balaban J connectivity index is 1.74. The molecule has 4 unspecified atom stereocenters. The van der Waals surface area contributed by atoms with Crippen LogP contribution in [0, 0.1) is 11.8 Å². The molecule has 0 radical (unpaired) electrons. The third-order valence-corrected chi connectivity index (χ3v) is 6.36. The van der Waals surface area contributed by atoms with Crippen molar-refractivity contribution in [3.8, 4) is 0 Å². The van der Waals surface area contributed by atoms with E-state index >= 15 is 0 Å². The average molecular weight is 312 g/mol. The molecule has 1 N–H and O–H groups in total. The fraction of sp³-hybridized carbons (Fsp3) is 0.889. The number of ether oxygens (including phenoxy) is 1. The molecule has 8 nitrogen and oxygen atoms in total. The predicted molar refractivity (Wildman–Crippen MR) is 60.1 cm³/mol. The van der Waals surface area contributed by atoms with E-state index in [1.807, 2.05) is 0 Å². The third kappa shape index (κ3) is 2.16. The molecule has 0 amide bonds. The Morgan fingerprint density at radius 3 is 2.68 bits per heavy atom. The van der Waals surface area contributed by atoms with Crippen LogP contribution < -0.4 is 0 Å². The largest absolute Gasteiger partial charge is 0.458 e. The summed E-state index contributed by atoms with van der Waals surface area (Å²) < 4.78 is 62.9. The van der Waals surface area contributed by atoms with Gasteiger partial charge < -0.3 is 4.74 Å². The lowest BCUT2D eigenvalue weighted by atomic mass is 9.94. The van der Waals surface area contributed by atoms with Gasteiger partial charge in [0, 0.05) is 11.8 Å². The smallest absolute Gasteiger partial charge is 0.324 e. The van der Waals surface area contributed by atoms with Gasteiger partial charge >= 0.3 is 5.97 Å². The summed E-state index contributed by atoms with van der Waals surface area (Å²) in [6, 6.07) is 0. The standard InChI is InChI=1S/C9H12O8S2/c10-7(3-18(11,12)13)16-8-4-1-5-6(2-4)19(14,15)17-9(5)8/h4-6,8-9H,1-3H2,(H,11,12,13)/t4-,5?,6?,8?,9?/m0/s1. The molecule has 10 heteroatoms. The van der Waals surface area contributed by atoms with E-state index < -0.39 is 49.4 Å². The second-order valence-corrected chi connectivity index (χ2v) is 8.40. The summed E-state index contributed by atoms with van der Waals surface area (Å²) in [7, 11) is -8.04. The van der Waals surface area contributed by atoms with Crippen LogP contribution >= 0.6 is 0 Å². The third-order valence-electron chi connectivity index (χ3n) is 3.98. The van der Waals surface area contributed by atoms with Crippen molar-refractivity contribution in [2.75, 3.05) is 5.75 Å². The van der Waals surface area contributed by atoms with E-state index in [1.165, 1.54) is 0 Å². The van der Waals surface area contributed by atoms with Gasteiger partial charge in [-0.3, -0.25) is 13.5 Å². The maximum atomic E-state index is 11.6. The predicted octanol–water partition coefficient (Wildman–Crippen LogP) is -1.08. The van der Waals surface area contributed by atoms with Crippen molar-refractivity contribution < 1.29 is 35.1 Å². The maximum Gasteiger partial charge on any atom is 0.324 e. The Morgan fingerprint density at radius 1 is 1.37 bits per heavy atom. The molecule has 2 aliphatic carbocycles. The molecule has 5 atom stereocenters. The van der Waals surface area contributed by atoms with Crippen LogP contribution in [0.25, 0.3) is 0 Å². The molecule has 0 aromatic carbocycles. The minimum Gasteiger partial charge on any atom is -0.458 e. The van der Waals surface area contributed by atoms with Gasteiger partial charge in [0.25, 0.3) is 20.2 Å². The fourth-order valence-corrected chi connectivity index (χ4v) is 5.63. The Morgan fingerprint density at radius 2 is 2.05 bits per heavy atom. The first-order valence-corrected chi connectivity index (χ1v) is 8.82. The van der Waals surface area contributed by atoms with Gasteiger partial charge in [-0.2, -0.15) is 16.8 Å². The highest BCUT2D eigenvalue weighted by Crippen LogP contribution is 2.55. The van der Waals surface area contributed by atoms with Gasteiger partial charge in [-0.05, 0) is 12.8 Å². The number of esters is 1. The lowest BCUT2D eigenvalue weighted by Crippen LogP contribution is -2.38. The second-order valence-electron chi connectivity index (χ2n) is 5.17. The van der Waals surface area contributed by atoms with E-state index in [2.05, 4.69) is 0 Å². The van der Waals surface area contributed by atoms with Gasteiger partial charge in [0.2, 0.25) is 0 Å². The topological polar surface area (TPSA) is 124 Å². The SMILES string of the molecule is O=C(CS(=O)(=O)O)OC1C2OS(=O)(=O)C3C[C@@H]1CC23. The first kappa shape index (κ1) is 13.3. The molecule has 2 bridgehead atoms. The van der Waals surface area contributed by atoms with E-state index in [-0.39, 0.29) is 11.8 Å². The van der Waals surface area contributed by atoms with Crippen LogP contribution in [0.1, 0.15) is 12.8 Å². The monoisotopic (exact) mass is 312 g/mol. The summed E-state index contributed by atoms with van der Waals surface area (Å²) in [5, 5.41) is -0.529. The summed E-state index contributed by atoms with van der Waals surface area (Å²) in [4.78, 5) is 11.4. The van der Waals surface area contributed by atoms with E-state index in [0.717, 1.165) is 0 Å². The second kappa shape index (κ2) is 3.90. The van der Waals surface area contributed by atoms with Crippen LogP contribution in [-0.2, 0) is 34.0 Å². The van der Waals surface area contributed by atoms with E-state index in [9.17, 15) is 21.6 Å². The molecule has 3 aliphatic rings. The zero-order chi connectivity index (χ0) is 14.0. The van der Waals surface area contributed by atoms with Gasteiger partial charge in [-0.25, -0.2) is 0 Å². The molecule has 2 saturated carbocycles. The summed E-state index contributed by atoms with van der Waals surface area (Å²) in [6.07, 6.45) is -0.488. The Hall–Kier alpha value is -0.710. The first-order valence-electron chi connectivity index (χ1n) is 5.74. The molecule has 1 aliphatic heterocycles. The van der Waals surface area contributed by atoms with Gasteiger partial charge in [-0.15, -0.1) is 0 Å². The van der Waals surface area contributed by atoms with Crippen molar-refractivity contribution in [3.05, 3.63) is 0 Å². The Bertz CT molecular complexity index is 621. The van der Waals surface area contributed by atoms with Crippen molar-refractivity contribution in [3.63, 3.8) is 0 Å². The van der Waals surface area contributed by atoms with E-state index in [4.69, 9.17) is 13.5 Å². The molecule has 108 valence electrons.